The molecular formula is C23H26N4O3. The summed E-state index contributed by atoms with van der Waals surface area (Å²) in [6.45, 7) is 3.74. The van der Waals surface area contributed by atoms with E-state index in [4.69, 9.17) is 4.74 Å². The fourth-order valence-corrected chi connectivity index (χ4v) is 4.23. The number of nitrogens with zero attached hydrogens (tertiary/aromatic N) is 3. The number of fused-ring (bicyclic) bond motifs is 1. The molecule has 0 radical (unpaired) electrons. The third-order valence-electron chi connectivity index (χ3n) is 6.23. The Morgan fingerprint density at radius 3 is 2.30 bits per heavy atom. The molecule has 1 N–H and O–H groups in total. The van der Waals surface area contributed by atoms with Crippen molar-refractivity contribution < 1.29 is 14.3 Å². The van der Waals surface area contributed by atoms with Crippen molar-refractivity contribution in [3.63, 3.8) is 0 Å². The number of rotatable bonds is 3. The molecule has 3 heterocycles. The first-order valence-corrected chi connectivity index (χ1v) is 10.5. The smallest absolute Gasteiger partial charge is 0.253 e. The summed E-state index contributed by atoms with van der Waals surface area (Å²) in [6, 6.07) is 14.2. The van der Waals surface area contributed by atoms with Gasteiger partial charge in [0.1, 0.15) is 6.10 Å². The van der Waals surface area contributed by atoms with E-state index in [2.05, 4.69) is 35.5 Å². The number of carbonyl (C=O) groups excluding carboxylic acids is 2. The molecule has 3 aliphatic rings. The number of hydrogen-bond donors (Lipinski definition) is 1. The second-order valence-electron chi connectivity index (χ2n) is 8.11. The number of carbonyl (C=O) groups is 2. The average molecular weight is 406 g/mol. The standard InChI is InChI=1S/C23H26N4O3/c1-25-15-24-19-14-18(6-7-20(19)25)16-2-4-17(5-3-16)22(28)26-9-11-27(12-10-26)23(29)21-8-13-30-21/h2-7,14,21,24H,8-13,15H2,1H3. The second kappa shape index (κ2) is 7.65. The van der Waals surface area contributed by atoms with Crippen LogP contribution in [0.15, 0.2) is 42.5 Å². The molecule has 0 aliphatic carbocycles. The van der Waals surface area contributed by atoms with Gasteiger partial charge in [0.05, 0.1) is 24.7 Å². The zero-order valence-electron chi connectivity index (χ0n) is 17.1. The summed E-state index contributed by atoms with van der Waals surface area (Å²) in [5.41, 5.74) is 5.23. The van der Waals surface area contributed by atoms with Gasteiger partial charge in [-0.3, -0.25) is 9.59 Å². The average Bonchev–Trinajstić information content (AvgIpc) is 3.12. The van der Waals surface area contributed by atoms with Crippen LogP contribution in [-0.2, 0) is 9.53 Å². The van der Waals surface area contributed by atoms with Crippen LogP contribution in [0, 0.1) is 0 Å². The minimum Gasteiger partial charge on any atom is -0.368 e. The molecule has 2 aromatic carbocycles. The topological polar surface area (TPSA) is 65.1 Å². The summed E-state index contributed by atoms with van der Waals surface area (Å²) in [6.07, 6.45) is 0.538. The molecule has 2 aromatic rings. The summed E-state index contributed by atoms with van der Waals surface area (Å²) in [5.74, 6) is 0.0820. The van der Waals surface area contributed by atoms with Crippen LogP contribution in [0.5, 0.6) is 0 Å². The number of nitrogens with one attached hydrogen (secondary N) is 1. The largest absolute Gasteiger partial charge is 0.368 e. The summed E-state index contributed by atoms with van der Waals surface area (Å²) < 4.78 is 5.29. The number of anilines is 2. The number of piperazine rings is 1. The molecule has 1 atom stereocenters. The lowest BCUT2D eigenvalue weighted by Crippen LogP contribution is -2.54. The van der Waals surface area contributed by atoms with Crippen LogP contribution in [-0.4, -0.2) is 74.2 Å². The van der Waals surface area contributed by atoms with Crippen molar-refractivity contribution in [2.75, 3.05) is 56.7 Å². The highest BCUT2D eigenvalue weighted by molar-refractivity contribution is 5.95. The quantitative estimate of drug-likeness (QED) is 0.847. The molecule has 7 nitrogen and oxygen atoms in total. The van der Waals surface area contributed by atoms with Gasteiger partial charge in [0, 0.05) is 45.2 Å². The predicted octanol–water partition coefficient (Wildman–Crippen LogP) is 2.25. The molecule has 5 rings (SSSR count). The summed E-state index contributed by atoms with van der Waals surface area (Å²) in [4.78, 5) is 31.0. The Labute approximate surface area is 176 Å². The Morgan fingerprint density at radius 2 is 1.63 bits per heavy atom. The van der Waals surface area contributed by atoms with E-state index < -0.39 is 0 Å². The van der Waals surface area contributed by atoms with Gasteiger partial charge in [-0.15, -0.1) is 0 Å². The molecule has 3 aliphatic heterocycles. The number of ether oxygens (including phenoxy) is 1. The van der Waals surface area contributed by atoms with E-state index in [1.165, 1.54) is 5.69 Å². The van der Waals surface area contributed by atoms with Gasteiger partial charge in [-0.05, 0) is 35.4 Å². The molecule has 0 saturated carbocycles. The lowest BCUT2D eigenvalue weighted by molar-refractivity contribution is -0.157. The lowest BCUT2D eigenvalue weighted by Gasteiger charge is -2.38. The summed E-state index contributed by atoms with van der Waals surface area (Å²) in [5, 5.41) is 3.39. The molecule has 2 fully saturated rings. The van der Waals surface area contributed by atoms with Crippen molar-refractivity contribution in [3.05, 3.63) is 48.0 Å². The van der Waals surface area contributed by atoms with E-state index in [1.54, 1.807) is 0 Å². The van der Waals surface area contributed by atoms with E-state index in [9.17, 15) is 9.59 Å². The van der Waals surface area contributed by atoms with Gasteiger partial charge in [-0.1, -0.05) is 18.2 Å². The summed E-state index contributed by atoms with van der Waals surface area (Å²) >= 11 is 0. The Kier molecular flexibility index (Phi) is 4.83. The molecule has 0 spiro atoms. The Morgan fingerprint density at radius 1 is 0.967 bits per heavy atom. The molecule has 156 valence electrons. The normalized spacial score (nSPS) is 20.4. The van der Waals surface area contributed by atoms with Crippen LogP contribution in [0.4, 0.5) is 11.4 Å². The Hall–Kier alpha value is -3.06. The van der Waals surface area contributed by atoms with Crippen LogP contribution >= 0.6 is 0 Å². The van der Waals surface area contributed by atoms with E-state index in [0.29, 0.717) is 38.3 Å². The van der Waals surface area contributed by atoms with Crippen molar-refractivity contribution in [1.29, 1.82) is 0 Å². The molecule has 7 heteroatoms. The zero-order chi connectivity index (χ0) is 20.7. The second-order valence-corrected chi connectivity index (χ2v) is 8.11. The van der Waals surface area contributed by atoms with E-state index in [-0.39, 0.29) is 17.9 Å². The summed E-state index contributed by atoms with van der Waals surface area (Å²) in [7, 11) is 2.07. The molecule has 0 bridgehead atoms. The van der Waals surface area contributed by atoms with E-state index in [0.717, 1.165) is 29.9 Å². The molecule has 1 unspecified atom stereocenters. The first-order chi connectivity index (χ1) is 14.6. The van der Waals surface area contributed by atoms with Gasteiger partial charge >= 0.3 is 0 Å². The molecular weight excluding hydrogens is 380 g/mol. The van der Waals surface area contributed by atoms with Crippen LogP contribution in [0.1, 0.15) is 16.8 Å². The van der Waals surface area contributed by atoms with Gasteiger partial charge in [0.25, 0.3) is 11.8 Å². The fourth-order valence-electron chi connectivity index (χ4n) is 4.23. The van der Waals surface area contributed by atoms with Gasteiger partial charge in [-0.25, -0.2) is 0 Å². The zero-order valence-corrected chi connectivity index (χ0v) is 17.1. The van der Waals surface area contributed by atoms with Crippen LogP contribution in [0.25, 0.3) is 11.1 Å². The highest BCUT2D eigenvalue weighted by Gasteiger charge is 2.33. The van der Waals surface area contributed by atoms with Crippen molar-refractivity contribution in [2.24, 2.45) is 0 Å². The van der Waals surface area contributed by atoms with Gasteiger partial charge in [-0.2, -0.15) is 0 Å². The van der Waals surface area contributed by atoms with Crippen LogP contribution in [0.3, 0.4) is 0 Å². The number of hydrogen-bond acceptors (Lipinski definition) is 5. The van der Waals surface area contributed by atoms with Crippen LogP contribution in [0.2, 0.25) is 0 Å². The van der Waals surface area contributed by atoms with Crippen molar-refractivity contribution in [1.82, 2.24) is 9.80 Å². The van der Waals surface area contributed by atoms with Gasteiger partial charge < -0.3 is 24.8 Å². The SMILES string of the molecule is CN1CNc2cc(-c3ccc(C(=O)N4CCN(C(=O)C5CCO5)CC4)cc3)ccc21. The fraction of sp³-hybridized carbons (Fsp3) is 0.391. The maximum absolute atomic E-state index is 12.9. The first-order valence-electron chi connectivity index (χ1n) is 10.5. The van der Waals surface area contributed by atoms with Gasteiger partial charge in [0.2, 0.25) is 0 Å². The maximum Gasteiger partial charge on any atom is 0.253 e. The Balaban J connectivity index is 1.23. The van der Waals surface area contributed by atoms with Crippen molar-refractivity contribution >= 4 is 23.2 Å². The molecule has 2 saturated heterocycles. The number of benzene rings is 2. The predicted molar refractivity (Wildman–Crippen MR) is 116 cm³/mol. The monoisotopic (exact) mass is 406 g/mol. The maximum atomic E-state index is 12.9. The van der Waals surface area contributed by atoms with E-state index in [1.807, 2.05) is 34.1 Å². The molecule has 2 amide bonds. The first kappa shape index (κ1) is 18.9. The minimum absolute atomic E-state index is 0.0192. The lowest BCUT2D eigenvalue weighted by atomic mass is 10.0. The van der Waals surface area contributed by atoms with Crippen molar-refractivity contribution in [3.8, 4) is 11.1 Å². The third-order valence-corrected chi connectivity index (χ3v) is 6.23. The third kappa shape index (κ3) is 3.39. The van der Waals surface area contributed by atoms with E-state index >= 15 is 0 Å². The molecule has 30 heavy (non-hydrogen) atoms. The minimum atomic E-state index is -0.269. The Bertz CT molecular complexity index is 963. The number of amides is 2. The van der Waals surface area contributed by atoms with Gasteiger partial charge in [0.15, 0.2) is 0 Å². The highest BCUT2D eigenvalue weighted by Crippen LogP contribution is 2.34. The highest BCUT2D eigenvalue weighted by atomic mass is 16.5. The molecule has 0 aromatic heterocycles. The van der Waals surface area contributed by atoms with Crippen LogP contribution < -0.4 is 10.2 Å². The van der Waals surface area contributed by atoms with Crippen molar-refractivity contribution in [2.45, 2.75) is 12.5 Å².